The fourth-order valence-corrected chi connectivity index (χ4v) is 1.63. The highest BCUT2D eigenvalue weighted by atomic mass is 19.1. The maximum Gasteiger partial charge on any atom is 0.152 e. The van der Waals surface area contributed by atoms with E-state index in [1.165, 1.54) is 12.5 Å². The lowest BCUT2D eigenvalue weighted by atomic mass is 10.3. The molecule has 0 amide bonds. The van der Waals surface area contributed by atoms with Crippen LogP contribution in [0.3, 0.4) is 0 Å². The maximum atomic E-state index is 13.5. The Labute approximate surface area is 81.6 Å². The number of nitrogens with zero attached hydrogens (tertiary/aromatic N) is 3. The van der Waals surface area contributed by atoms with Crippen molar-refractivity contribution in [2.45, 2.75) is 26.8 Å². The summed E-state index contributed by atoms with van der Waals surface area (Å²) in [5, 5.41) is 0.543. The molecule has 2 aromatic heterocycles. The van der Waals surface area contributed by atoms with Crippen molar-refractivity contribution in [3.8, 4) is 0 Å². The molecule has 74 valence electrons. The zero-order valence-corrected chi connectivity index (χ0v) is 8.29. The van der Waals surface area contributed by atoms with E-state index in [1.54, 1.807) is 6.92 Å². The molecular formula is C10H12FN3. The highest BCUT2D eigenvalue weighted by Gasteiger charge is 2.11. The molecule has 0 bridgehead atoms. The highest BCUT2D eigenvalue weighted by Crippen LogP contribution is 2.20. The van der Waals surface area contributed by atoms with Gasteiger partial charge in [-0.3, -0.25) is 0 Å². The van der Waals surface area contributed by atoms with Gasteiger partial charge in [0.05, 0.1) is 11.1 Å². The summed E-state index contributed by atoms with van der Waals surface area (Å²) in [6.45, 7) is 4.64. The molecule has 0 aliphatic carbocycles. The van der Waals surface area contributed by atoms with E-state index in [4.69, 9.17) is 0 Å². The van der Waals surface area contributed by atoms with Crippen molar-refractivity contribution in [2.75, 3.05) is 0 Å². The lowest BCUT2D eigenvalue weighted by molar-refractivity contribution is 0.617. The Morgan fingerprint density at radius 3 is 2.93 bits per heavy atom. The predicted molar refractivity (Wildman–Crippen MR) is 52.5 cm³/mol. The Morgan fingerprint density at radius 2 is 2.21 bits per heavy atom. The van der Waals surface area contributed by atoms with Crippen LogP contribution >= 0.6 is 0 Å². The van der Waals surface area contributed by atoms with Crippen LogP contribution < -0.4 is 0 Å². The van der Waals surface area contributed by atoms with Crippen LogP contribution in [-0.4, -0.2) is 14.5 Å². The van der Waals surface area contributed by atoms with Crippen molar-refractivity contribution < 1.29 is 4.39 Å². The number of fused-ring (bicyclic) bond motifs is 1. The van der Waals surface area contributed by atoms with E-state index in [1.807, 2.05) is 4.57 Å². The number of halogens is 1. The van der Waals surface area contributed by atoms with Gasteiger partial charge in [0.1, 0.15) is 12.0 Å². The number of aromatic nitrogens is 3. The first-order valence-electron chi connectivity index (χ1n) is 4.70. The van der Waals surface area contributed by atoms with Crippen molar-refractivity contribution in [3.63, 3.8) is 0 Å². The minimum Gasteiger partial charge on any atom is -0.329 e. The van der Waals surface area contributed by atoms with Gasteiger partial charge in [-0.2, -0.15) is 0 Å². The first kappa shape index (κ1) is 9.12. The summed E-state index contributed by atoms with van der Waals surface area (Å²) in [7, 11) is 0. The van der Waals surface area contributed by atoms with E-state index in [-0.39, 0.29) is 5.82 Å². The van der Waals surface area contributed by atoms with Crippen molar-refractivity contribution >= 4 is 11.0 Å². The largest absolute Gasteiger partial charge is 0.329 e. The average molecular weight is 193 g/mol. The Balaban J connectivity index is 2.71. The molecule has 0 saturated heterocycles. The summed E-state index contributed by atoms with van der Waals surface area (Å²) >= 11 is 0. The van der Waals surface area contributed by atoms with Crippen molar-refractivity contribution in [1.29, 1.82) is 0 Å². The molecule has 0 N–H and O–H groups in total. The van der Waals surface area contributed by atoms with Crippen LogP contribution in [0.2, 0.25) is 0 Å². The van der Waals surface area contributed by atoms with Crippen LogP contribution in [0.1, 0.15) is 19.0 Å². The van der Waals surface area contributed by atoms with Gasteiger partial charge in [0, 0.05) is 12.7 Å². The quantitative estimate of drug-likeness (QED) is 0.732. The molecule has 0 aliphatic rings. The summed E-state index contributed by atoms with van der Waals surface area (Å²) in [6.07, 6.45) is 3.94. The molecule has 0 radical (unpaired) electrons. The van der Waals surface area contributed by atoms with E-state index in [0.29, 0.717) is 16.7 Å². The molecule has 0 aromatic carbocycles. The van der Waals surface area contributed by atoms with Gasteiger partial charge in [-0.05, 0) is 13.3 Å². The molecule has 2 heterocycles. The minimum atomic E-state index is -0.230. The Hall–Kier alpha value is -1.45. The molecular weight excluding hydrogens is 181 g/mol. The fourth-order valence-electron chi connectivity index (χ4n) is 1.63. The first-order valence-corrected chi connectivity index (χ1v) is 4.70. The van der Waals surface area contributed by atoms with Gasteiger partial charge in [0.25, 0.3) is 0 Å². The molecule has 2 aromatic rings. The molecule has 14 heavy (non-hydrogen) atoms. The maximum absolute atomic E-state index is 13.5. The molecule has 0 aliphatic heterocycles. The van der Waals surface area contributed by atoms with Crippen LogP contribution in [0.25, 0.3) is 11.0 Å². The molecule has 0 atom stereocenters. The molecule has 0 saturated carbocycles. The van der Waals surface area contributed by atoms with Gasteiger partial charge in [-0.25, -0.2) is 14.4 Å². The monoisotopic (exact) mass is 193 g/mol. The third kappa shape index (κ3) is 1.27. The summed E-state index contributed by atoms with van der Waals surface area (Å²) in [4.78, 5) is 8.07. The zero-order valence-electron chi connectivity index (χ0n) is 8.29. The van der Waals surface area contributed by atoms with Crippen molar-refractivity contribution in [2.24, 2.45) is 0 Å². The lowest BCUT2D eigenvalue weighted by Gasteiger charge is -2.00. The van der Waals surface area contributed by atoms with E-state index in [9.17, 15) is 4.39 Å². The standard InChI is InChI=1S/C10H12FN3/c1-3-4-14-5-8(11)9-7(2)12-6-13-10(9)14/h5-6H,3-4H2,1-2H3. The first-order chi connectivity index (χ1) is 6.74. The second-order valence-corrected chi connectivity index (χ2v) is 3.33. The SMILES string of the molecule is CCCn1cc(F)c2c(C)ncnc21. The second kappa shape index (κ2) is 3.36. The smallest absolute Gasteiger partial charge is 0.152 e. The van der Waals surface area contributed by atoms with Crippen molar-refractivity contribution in [1.82, 2.24) is 14.5 Å². The number of hydrogen-bond donors (Lipinski definition) is 0. The second-order valence-electron chi connectivity index (χ2n) is 3.33. The van der Waals surface area contributed by atoms with Crippen LogP contribution in [0, 0.1) is 12.7 Å². The van der Waals surface area contributed by atoms with E-state index < -0.39 is 0 Å². The number of rotatable bonds is 2. The van der Waals surface area contributed by atoms with Gasteiger partial charge in [-0.15, -0.1) is 0 Å². The summed E-state index contributed by atoms with van der Waals surface area (Å²) in [5.41, 5.74) is 1.39. The molecule has 0 spiro atoms. The average Bonchev–Trinajstić information content (AvgIpc) is 2.46. The van der Waals surface area contributed by atoms with Crippen LogP contribution in [0.4, 0.5) is 4.39 Å². The highest BCUT2D eigenvalue weighted by molar-refractivity contribution is 5.79. The van der Waals surface area contributed by atoms with Crippen LogP contribution in [-0.2, 0) is 6.54 Å². The Bertz CT molecular complexity index is 462. The fraction of sp³-hybridized carbons (Fsp3) is 0.400. The summed E-state index contributed by atoms with van der Waals surface area (Å²) in [6, 6.07) is 0. The molecule has 2 rings (SSSR count). The lowest BCUT2D eigenvalue weighted by Crippen LogP contribution is -1.96. The third-order valence-electron chi connectivity index (χ3n) is 2.26. The third-order valence-corrected chi connectivity index (χ3v) is 2.26. The van der Waals surface area contributed by atoms with E-state index >= 15 is 0 Å². The minimum absolute atomic E-state index is 0.230. The van der Waals surface area contributed by atoms with E-state index in [0.717, 1.165) is 13.0 Å². The normalized spacial score (nSPS) is 11.1. The van der Waals surface area contributed by atoms with Crippen LogP contribution in [0.5, 0.6) is 0 Å². The molecule has 4 heteroatoms. The van der Waals surface area contributed by atoms with Gasteiger partial charge in [0.2, 0.25) is 0 Å². The zero-order chi connectivity index (χ0) is 10.1. The number of aryl methyl sites for hydroxylation is 2. The summed E-state index contributed by atoms with van der Waals surface area (Å²) < 4.78 is 15.3. The molecule has 0 fully saturated rings. The topological polar surface area (TPSA) is 30.7 Å². The predicted octanol–water partition coefficient (Wildman–Crippen LogP) is 2.29. The van der Waals surface area contributed by atoms with Gasteiger partial charge >= 0.3 is 0 Å². The Morgan fingerprint density at radius 1 is 1.43 bits per heavy atom. The molecule has 3 nitrogen and oxygen atoms in total. The van der Waals surface area contributed by atoms with Gasteiger partial charge < -0.3 is 4.57 Å². The Kier molecular flexibility index (Phi) is 2.19. The molecule has 0 unspecified atom stereocenters. The number of hydrogen-bond acceptors (Lipinski definition) is 2. The van der Waals surface area contributed by atoms with Gasteiger partial charge in [0.15, 0.2) is 5.82 Å². The van der Waals surface area contributed by atoms with Crippen molar-refractivity contribution in [3.05, 3.63) is 24.0 Å². The van der Waals surface area contributed by atoms with Gasteiger partial charge in [-0.1, -0.05) is 6.92 Å². The summed E-state index contributed by atoms with van der Waals surface area (Å²) in [5.74, 6) is -0.230. The van der Waals surface area contributed by atoms with E-state index in [2.05, 4.69) is 16.9 Å². The van der Waals surface area contributed by atoms with Crippen LogP contribution in [0.15, 0.2) is 12.5 Å².